The van der Waals surface area contributed by atoms with Crippen LogP contribution >= 0.6 is 0 Å². The summed E-state index contributed by atoms with van der Waals surface area (Å²) in [5.74, 6) is -1.52. The van der Waals surface area contributed by atoms with E-state index in [2.05, 4.69) is 10.3 Å². The van der Waals surface area contributed by atoms with E-state index < -0.39 is 11.8 Å². The van der Waals surface area contributed by atoms with Crippen molar-refractivity contribution in [3.8, 4) is 0 Å². The van der Waals surface area contributed by atoms with Gasteiger partial charge in [-0.25, -0.2) is 14.2 Å². The van der Waals surface area contributed by atoms with Crippen molar-refractivity contribution in [2.24, 2.45) is 7.05 Å². The first-order valence-electron chi connectivity index (χ1n) is 4.85. The number of rotatable bonds is 3. The van der Waals surface area contributed by atoms with Gasteiger partial charge in [0.1, 0.15) is 5.82 Å². The van der Waals surface area contributed by atoms with Crippen molar-refractivity contribution < 1.29 is 14.3 Å². The van der Waals surface area contributed by atoms with Gasteiger partial charge in [-0.15, -0.1) is 0 Å². The average molecular weight is 235 g/mol. The van der Waals surface area contributed by atoms with Crippen LogP contribution in [0, 0.1) is 5.82 Å². The van der Waals surface area contributed by atoms with Crippen molar-refractivity contribution in [1.29, 1.82) is 0 Å². The summed E-state index contributed by atoms with van der Waals surface area (Å²) in [6, 6.07) is 3.82. The molecule has 1 aromatic carbocycles. The Hall–Kier alpha value is -2.37. The van der Waals surface area contributed by atoms with Gasteiger partial charge in [-0.2, -0.15) is 0 Å². The maximum Gasteiger partial charge on any atom is 0.338 e. The summed E-state index contributed by atoms with van der Waals surface area (Å²) < 4.78 is 15.1. The third kappa shape index (κ3) is 2.25. The summed E-state index contributed by atoms with van der Waals surface area (Å²) in [6.45, 7) is 0. The van der Waals surface area contributed by atoms with Gasteiger partial charge in [0, 0.05) is 25.1 Å². The molecule has 0 bridgehead atoms. The lowest BCUT2D eigenvalue weighted by Crippen LogP contribution is -2.03. The predicted octanol–water partition coefficient (Wildman–Crippen LogP) is 2.00. The highest BCUT2D eigenvalue weighted by Crippen LogP contribution is 2.18. The maximum absolute atomic E-state index is 13.4. The molecule has 0 unspecified atom stereocenters. The van der Waals surface area contributed by atoms with Crippen molar-refractivity contribution in [3.05, 3.63) is 42.0 Å². The summed E-state index contributed by atoms with van der Waals surface area (Å²) in [6.07, 6.45) is 3.34. The van der Waals surface area contributed by atoms with Gasteiger partial charge in [0.15, 0.2) is 0 Å². The molecule has 0 saturated carbocycles. The minimum atomic E-state index is -1.29. The number of nitrogens with one attached hydrogen (secondary N) is 1. The fraction of sp³-hybridized carbons (Fsp3) is 0.0909. The van der Waals surface area contributed by atoms with E-state index >= 15 is 0 Å². The first-order valence-corrected chi connectivity index (χ1v) is 4.85. The van der Waals surface area contributed by atoms with Gasteiger partial charge in [-0.05, 0) is 18.2 Å². The molecule has 0 amide bonds. The van der Waals surface area contributed by atoms with Crippen LogP contribution in [0.3, 0.4) is 0 Å². The second-order valence-corrected chi connectivity index (χ2v) is 3.49. The zero-order chi connectivity index (χ0) is 12.4. The molecule has 88 valence electrons. The Kier molecular flexibility index (Phi) is 2.78. The lowest BCUT2D eigenvalue weighted by Gasteiger charge is -2.06. The fourth-order valence-corrected chi connectivity index (χ4v) is 1.38. The molecule has 0 saturated heterocycles. The Morgan fingerprint density at radius 3 is 2.82 bits per heavy atom. The van der Waals surface area contributed by atoms with Crippen molar-refractivity contribution in [3.63, 3.8) is 0 Å². The number of aromatic nitrogens is 2. The topological polar surface area (TPSA) is 67.2 Å². The number of halogens is 1. The zero-order valence-corrected chi connectivity index (χ0v) is 9.01. The monoisotopic (exact) mass is 235 g/mol. The average Bonchev–Trinajstić information content (AvgIpc) is 2.64. The third-order valence-electron chi connectivity index (χ3n) is 2.28. The van der Waals surface area contributed by atoms with E-state index in [1.807, 2.05) is 0 Å². The number of hydrogen-bond donors (Lipinski definition) is 2. The van der Waals surface area contributed by atoms with E-state index in [9.17, 15) is 9.18 Å². The number of aryl methyl sites for hydroxylation is 1. The Balaban J connectivity index is 2.27. The smallest absolute Gasteiger partial charge is 0.338 e. The summed E-state index contributed by atoms with van der Waals surface area (Å²) in [4.78, 5) is 14.6. The summed E-state index contributed by atoms with van der Waals surface area (Å²) in [5.41, 5.74) is 0.0946. The second kappa shape index (κ2) is 4.25. The number of carboxylic acids is 1. The Labute approximate surface area is 96.5 Å². The van der Waals surface area contributed by atoms with Gasteiger partial charge in [-0.1, -0.05) is 0 Å². The molecule has 1 aromatic heterocycles. The molecule has 2 rings (SSSR count). The molecular formula is C11H10FN3O2. The largest absolute Gasteiger partial charge is 0.478 e. The molecule has 2 N–H and O–H groups in total. The SMILES string of the molecule is Cn1ccnc1Nc1ccc(C(=O)O)c(F)c1. The molecule has 0 aliphatic heterocycles. The third-order valence-corrected chi connectivity index (χ3v) is 2.28. The number of benzene rings is 1. The Morgan fingerprint density at radius 1 is 1.53 bits per heavy atom. The molecule has 0 aliphatic rings. The number of hydrogen-bond acceptors (Lipinski definition) is 3. The number of anilines is 2. The van der Waals surface area contributed by atoms with Crippen LogP contribution in [0.4, 0.5) is 16.0 Å². The van der Waals surface area contributed by atoms with Crippen LogP contribution in [0.2, 0.25) is 0 Å². The molecule has 0 spiro atoms. The van der Waals surface area contributed by atoms with Gasteiger partial charge in [-0.3, -0.25) is 0 Å². The quantitative estimate of drug-likeness (QED) is 0.853. The number of carbonyl (C=O) groups is 1. The molecule has 17 heavy (non-hydrogen) atoms. The van der Waals surface area contributed by atoms with E-state index in [-0.39, 0.29) is 5.56 Å². The van der Waals surface area contributed by atoms with Crippen LogP contribution < -0.4 is 5.32 Å². The molecule has 2 aromatic rings. The fourth-order valence-electron chi connectivity index (χ4n) is 1.38. The first-order chi connectivity index (χ1) is 8.08. The van der Waals surface area contributed by atoms with Crippen molar-refractivity contribution in [2.45, 2.75) is 0 Å². The van der Waals surface area contributed by atoms with Crippen molar-refractivity contribution >= 4 is 17.6 Å². The minimum absolute atomic E-state index is 0.351. The number of carboxylic acid groups (broad SMARTS) is 1. The molecule has 6 heteroatoms. The van der Waals surface area contributed by atoms with Crippen LogP contribution in [0.25, 0.3) is 0 Å². The van der Waals surface area contributed by atoms with Gasteiger partial charge in [0.05, 0.1) is 5.56 Å². The van der Waals surface area contributed by atoms with Gasteiger partial charge < -0.3 is 15.0 Å². The van der Waals surface area contributed by atoms with E-state index in [1.165, 1.54) is 12.1 Å². The van der Waals surface area contributed by atoms with E-state index in [0.717, 1.165) is 6.07 Å². The summed E-state index contributed by atoms with van der Waals surface area (Å²) in [5, 5.41) is 11.6. The Bertz CT molecular complexity index is 566. The molecule has 0 atom stereocenters. The lowest BCUT2D eigenvalue weighted by atomic mass is 10.2. The standard InChI is InChI=1S/C11H10FN3O2/c1-15-5-4-13-11(15)14-7-2-3-8(10(16)17)9(12)6-7/h2-6H,1H3,(H,13,14)(H,16,17). The molecule has 5 nitrogen and oxygen atoms in total. The van der Waals surface area contributed by atoms with Crippen LogP contribution in [-0.4, -0.2) is 20.6 Å². The predicted molar refractivity (Wildman–Crippen MR) is 59.9 cm³/mol. The van der Waals surface area contributed by atoms with Crippen LogP contribution in [-0.2, 0) is 7.05 Å². The van der Waals surface area contributed by atoms with E-state index in [0.29, 0.717) is 11.6 Å². The van der Waals surface area contributed by atoms with Crippen molar-refractivity contribution in [2.75, 3.05) is 5.32 Å². The van der Waals surface area contributed by atoms with E-state index in [4.69, 9.17) is 5.11 Å². The first kappa shape index (κ1) is 11.1. The zero-order valence-electron chi connectivity index (χ0n) is 9.01. The highest BCUT2D eigenvalue weighted by molar-refractivity contribution is 5.88. The molecular weight excluding hydrogens is 225 g/mol. The van der Waals surface area contributed by atoms with Gasteiger partial charge in [0.2, 0.25) is 5.95 Å². The Morgan fingerprint density at radius 2 is 2.29 bits per heavy atom. The summed E-state index contributed by atoms with van der Waals surface area (Å²) >= 11 is 0. The van der Waals surface area contributed by atoms with Crippen molar-refractivity contribution in [1.82, 2.24) is 9.55 Å². The number of aromatic carboxylic acids is 1. The number of nitrogens with zero attached hydrogens (tertiary/aromatic N) is 2. The van der Waals surface area contributed by atoms with Crippen LogP contribution in [0.5, 0.6) is 0 Å². The van der Waals surface area contributed by atoms with Crippen LogP contribution in [0.15, 0.2) is 30.6 Å². The van der Waals surface area contributed by atoms with Gasteiger partial charge in [0.25, 0.3) is 0 Å². The second-order valence-electron chi connectivity index (χ2n) is 3.49. The molecule has 0 aliphatic carbocycles. The molecule has 0 radical (unpaired) electrons. The maximum atomic E-state index is 13.4. The molecule has 0 fully saturated rings. The lowest BCUT2D eigenvalue weighted by molar-refractivity contribution is 0.0692. The number of imidazole rings is 1. The van der Waals surface area contributed by atoms with E-state index in [1.54, 1.807) is 24.0 Å². The molecule has 1 heterocycles. The van der Waals surface area contributed by atoms with Gasteiger partial charge >= 0.3 is 5.97 Å². The summed E-state index contributed by atoms with van der Waals surface area (Å²) in [7, 11) is 1.79. The van der Waals surface area contributed by atoms with Crippen LogP contribution in [0.1, 0.15) is 10.4 Å². The minimum Gasteiger partial charge on any atom is -0.478 e. The normalized spacial score (nSPS) is 10.2. The highest BCUT2D eigenvalue weighted by atomic mass is 19.1. The highest BCUT2D eigenvalue weighted by Gasteiger charge is 2.10.